The van der Waals surface area contributed by atoms with Crippen LogP contribution in [0.25, 0.3) is 0 Å². The maximum atomic E-state index is 11.8. The van der Waals surface area contributed by atoms with Gasteiger partial charge in [0.1, 0.15) is 6.61 Å². The predicted molar refractivity (Wildman–Crippen MR) is 62.4 cm³/mol. The van der Waals surface area contributed by atoms with Crippen LogP contribution in [-0.2, 0) is 14.3 Å². The van der Waals surface area contributed by atoms with Crippen molar-refractivity contribution in [2.24, 2.45) is 0 Å². The Morgan fingerprint density at radius 3 is 2.37 bits per heavy atom. The van der Waals surface area contributed by atoms with E-state index in [0.29, 0.717) is 13.1 Å². The summed E-state index contributed by atoms with van der Waals surface area (Å²) in [6.07, 6.45) is -4.57. The van der Waals surface area contributed by atoms with Gasteiger partial charge in [-0.25, -0.2) is 0 Å². The van der Waals surface area contributed by atoms with E-state index in [4.69, 9.17) is 0 Å². The van der Waals surface area contributed by atoms with Crippen molar-refractivity contribution in [1.82, 2.24) is 10.2 Å². The van der Waals surface area contributed by atoms with E-state index in [1.54, 1.807) is 13.8 Å². The van der Waals surface area contributed by atoms with Gasteiger partial charge in [-0.15, -0.1) is 0 Å². The lowest BCUT2D eigenvalue weighted by molar-refractivity contribution is -0.175. The molecule has 19 heavy (non-hydrogen) atoms. The molecule has 0 atom stereocenters. The fourth-order valence-electron chi connectivity index (χ4n) is 1.31. The molecule has 0 spiro atoms. The minimum absolute atomic E-state index is 0.0948. The highest BCUT2D eigenvalue weighted by Crippen LogP contribution is 2.14. The summed E-state index contributed by atoms with van der Waals surface area (Å²) in [5, 5.41) is 2.54. The first-order valence-corrected chi connectivity index (χ1v) is 5.99. The van der Waals surface area contributed by atoms with Crippen LogP contribution in [-0.4, -0.2) is 55.7 Å². The van der Waals surface area contributed by atoms with Crippen LogP contribution >= 0.6 is 0 Å². The van der Waals surface area contributed by atoms with Crippen molar-refractivity contribution in [3.05, 3.63) is 0 Å². The van der Waals surface area contributed by atoms with Crippen molar-refractivity contribution in [1.29, 1.82) is 0 Å². The number of carbonyl (C=O) groups is 2. The molecule has 0 aromatic heterocycles. The van der Waals surface area contributed by atoms with E-state index in [2.05, 4.69) is 10.1 Å². The average molecular weight is 284 g/mol. The van der Waals surface area contributed by atoms with E-state index in [0.717, 1.165) is 0 Å². The summed E-state index contributed by atoms with van der Waals surface area (Å²) in [6, 6.07) is 0. The van der Waals surface area contributed by atoms with Crippen LogP contribution in [0.1, 0.15) is 20.3 Å². The van der Waals surface area contributed by atoms with Gasteiger partial charge < -0.3 is 15.0 Å². The average Bonchev–Trinajstić information content (AvgIpc) is 2.30. The zero-order valence-electron chi connectivity index (χ0n) is 11.0. The zero-order chi connectivity index (χ0) is 14.9. The third-order valence-corrected chi connectivity index (χ3v) is 2.17. The van der Waals surface area contributed by atoms with E-state index >= 15 is 0 Å². The largest absolute Gasteiger partial charge is 0.411 e. The molecule has 0 unspecified atom stereocenters. The minimum Gasteiger partial charge on any atom is -0.372 e. The second-order valence-corrected chi connectivity index (χ2v) is 3.78. The van der Waals surface area contributed by atoms with Crippen molar-refractivity contribution in [3.8, 4) is 0 Å². The molecule has 0 aliphatic carbocycles. The Balaban J connectivity index is 3.98. The summed E-state index contributed by atoms with van der Waals surface area (Å²) in [5.41, 5.74) is 0. The second kappa shape index (κ2) is 8.73. The summed E-state index contributed by atoms with van der Waals surface area (Å²) >= 11 is 0. The van der Waals surface area contributed by atoms with Gasteiger partial charge in [0.25, 0.3) is 0 Å². The smallest absolute Gasteiger partial charge is 0.372 e. The fraction of sp³-hybridized carbons (Fsp3) is 0.818. The molecule has 0 saturated carbocycles. The summed E-state index contributed by atoms with van der Waals surface area (Å²) < 4.78 is 39.7. The number of amides is 2. The van der Waals surface area contributed by atoms with Gasteiger partial charge in [-0.2, -0.15) is 13.2 Å². The molecule has 0 rings (SSSR count). The Morgan fingerprint density at radius 2 is 1.89 bits per heavy atom. The molecular weight excluding hydrogens is 265 g/mol. The van der Waals surface area contributed by atoms with Crippen molar-refractivity contribution in [3.63, 3.8) is 0 Å². The summed E-state index contributed by atoms with van der Waals surface area (Å²) in [6.45, 7) is 2.43. The number of nitrogens with one attached hydrogen (secondary N) is 1. The highest BCUT2D eigenvalue weighted by atomic mass is 19.4. The first-order valence-electron chi connectivity index (χ1n) is 5.99. The number of nitrogens with zero attached hydrogens (tertiary/aromatic N) is 1. The standard InChI is InChI=1S/C11H19F3N2O3/c1-3-15-9(17)7-16(4-2)10(18)5-6-19-8-11(12,13)14/h3-8H2,1-2H3,(H,15,17). The molecular formula is C11H19F3N2O3. The normalized spacial score (nSPS) is 11.2. The molecule has 0 fully saturated rings. The van der Waals surface area contributed by atoms with Crippen molar-refractivity contribution >= 4 is 11.8 Å². The Hall–Kier alpha value is -1.31. The van der Waals surface area contributed by atoms with E-state index in [-0.39, 0.29) is 25.5 Å². The molecule has 0 aromatic carbocycles. The quantitative estimate of drug-likeness (QED) is 0.675. The number of hydrogen-bond donors (Lipinski definition) is 1. The molecule has 0 radical (unpaired) electrons. The Bertz CT molecular complexity index is 295. The van der Waals surface area contributed by atoms with Crippen LogP contribution in [0.5, 0.6) is 0 Å². The lowest BCUT2D eigenvalue weighted by atomic mass is 10.3. The van der Waals surface area contributed by atoms with E-state index in [1.807, 2.05) is 0 Å². The molecule has 8 heteroatoms. The zero-order valence-corrected chi connectivity index (χ0v) is 11.0. The first-order chi connectivity index (χ1) is 8.80. The van der Waals surface area contributed by atoms with E-state index in [1.165, 1.54) is 4.90 Å². The van der Waals surface area contributed by atoms with Crippen LogP contribution < -0.4 is 5.32 Å². The summed E-state index contributed by atoms with van der Waals surface area (Å²) in [4.78, 5) is 24.2. The predicted octanol–water partition coefficient (Wildman–Crippen LogP) is 0.940. The maximum Gasteiger partial charge on any atom is 0.411 e. The highest BCUT2D eigenvalue weighted by molar-refractivity contribution is 5.84. The SMILES string of the molecule is CCNC(=O)CN(CC)C(=O)CCOCC(F)(F)F. The number of likely N-dealkylation sites (N-methyl/N-ethyl adjacent to an activating group) is 2. The number of rotatable bonds is 8. The summed E-state index contributed by atoms with van der Waals surface area (Å²) in [5.74, 6) is -0.704. The molecule has 0 aliphatic rings. The van der Waals surface area contributed by atoms with E-state index in [9.17, 15) is 22.8 Å². The van der Waals surface area contributed by atoms with Crippen molar-refractivity contribution in [2.75, 3.05) is 32.8 Å². The van der Waals surface area contributed by atoms with Gasteiger partial charge in [0.05, 0.1) is 19.6 Å². The molecule has 0 aromatic rings. The lowest BCUT2D eigenvalue weighted by Gasteiger charge is -2.20. The molecule has 5 nitrogen and oxygen atoms in total. The highest BCUT2D eigenvalue weighted by Gasteiger charge is 2.27. The van der Waals surface area contributed by atoms with Gasteiger partial charge in [-0.05, 0) is 13.8 Å². The van der Waals surface area contributed by atoms with Crippen molar-refractivity contribution in [2.45, 2.75) is 26.4 Å². The molecule has 1 N–H and O–H groups in total. The van der Waals surface area contributed by atoms with Gasteiger partial charge in [0, 0.05) is 13.1 Å². The van der Waals surface area contributed by atoms with Gasteiger partial charge in [-0.1, -0.05) is 0 Å². The molecule has 0 heterocycles. The maximum absolute atomic E-state index is 11.8. The number of alkyl halides is 3. The van der Waals surface area contributed by atoms with Crippen LogP contribution in [0.2, 0.25) is 0 Å². The topological polar surface area (TPSA) is 58.6 Å². The monoisotopic (exact) mass is 284 g/mol. The number of hydrogen-bond acceptors (Lipinski definition) is 3. The van der Waals surface area contributed by atoms with Crippen LogP contribution in [0.4, 0.5) is 13.2 Å². The lowest BCUT2D eigenvalue weighted by Crippen LogP contribution is -2.40. The van der Waals surface area contributed by atoms with Crippen molar-refractivity contribution < 1.29 is 27.5 Å². The molecule has 0 bridgehead atoms. The Morgan fingerprint density at radius 1 is 1.26 bits per heavy atom. The fourth-order valence-corrected chi connectivity index (χ4v) is 1.31. The second-order valence-electron chi connectivity index (χ2n) is 3.78. The number of halogens is 3. The van der Waals surface area contributed by atoms with Gasteiger partial charge >= 0.3 is 6.18 Å². The number of ether oxygens (including phenoxy) is 1. The first kappa shape index (κ1) is 17.7. The van der Waals surface area contributed by atoms with Crippen LogP contribution in [0, 0.1) is 0 Å². The Kier molecular flexibility index (Phi) is 8.13. The summed E-state index contributed by atoms with van der Waals surface area (Å²) in [7, 11) is 0. The van der Waals surface area contributed by atoms with E-state index < -0.39 is 18.7 Å². The molecule has 112 valence electrons. The number of carbonyl (C=O) groups excluding carboxylic acids is 2. The molecule has 0 saturated heterocycles. The van der Waals surface area contributed by atoms with Gasteiger partial charge in [-0.3, -0.25) is 9.59 Å². The minimum atomic E-state index is -4.39. The van der Waals surface area contributed by atoms with Gasteiger partial charge in [0.2, 0.25) is 11.8 Å². The van der Waals surface area contributed by atoms with Gasteiger partial charge in [0.15, 0.2) is 0 Å². The van der Waals surface area contributed by atoms with Crippen LogP contribution in [0.3, 0.4) is 0 Å². The molecule has 2 amide bonds. The third kappa shape index (κ3) is 9.29. The Labute approximate surface area is 110 Å². The molecule has 0 aliphatic heterocycles. The third-order valence-electron chi connectivity index (χ3n) is 2.17. The van der Waals surface area contributed by atoms with Crippen LogP contribution in [0.15, 0.2) is 0 Å².